The van der Waals surface area contributed by atoms with Crippen LogP contribution in [0.25, 0.3) is 0 Å². The molecular formula is C13H22N2O4. The number of amides is 3. The van der Waals surface area contributed by atoms with Gasteiger partial charge in [-0.25, -0.2) is 4.79 Å². The van der Waals surface area contributed by atoms with E-state index in [1.165, 1.54) is 0 Å². The highest BCUT2D eigenvalue weighted by molar-refractivity contribution is 5.94. The highest BCUT2D eigenvalue weighted by Crippen LogP contribution is 2.36. The van der Waals surface area contributed by atoms with Gasteiger partial charge in [0.1, 0.15) is 0 Å². The van der Waals surface area contributed by atoms with Gasteiger partial charge in [-0.3, -0.25) is 14.9 Å². The standard InChI is InChI=1S/C13H22N2O4/c1-8-4-9(8)7-14-12(19)15-10(16)5-13(2,3)6-11(17)18/h8-9H,4-7H2,1-3H3,(H,17,18)(H2,14,15,16,19). The van der Waals surface area contributed by atoms with E-state index in [2.05, 4.69) is 17.6 Å². The molecule has 2 atom stereocenters. The second-order valence-corrected chi connectivity index (χ2v) is 6.14. The summed E-state index contributed by atoms with van der Waals surface area (Å²) in [6.45, 7) is 6.07. The molecule has 0 aromatic heterocycles. The van der Waals surface area contributed by atoms with Gasteiger partial charge in [0.15, 0.2) is 0 Å². The minimum Gasteiger partial charge on any atom is -0.481 e. The molecule has 0 radical (unpaired) electrons. The summed E-state index contributed by atoms with van der Waals surface area (Å²) in [4.78, 5) is 33.7. The SMILES string of the molecule is CC1CC1CNC(=O)NC(=O)CC(C)(C)CC(=O)O. The van der Waals surface area contributed by atoms with Crippen molar-refractivity contribution in [1.29, 1.82) is 0 Å². The Bertz CT molecular complexity index is 379. The molecule has 1 aliphatic rings. The average Bonchev–Trinajstić information content (AvgIpc) is 2.88. The Morgan fingerprint density at radius 1 is 1.26 bits per heavy atom. The molecule has 6 heteroatoms. The molecule has 3 amide bonds. The van der Waals surface area contributed by atoms with Gasteiger partial charge in [-0.15, -0.1) is 0 Å². The van der Waals surface area contributed by atoms with E-state index in [1.54, 1.807) is 13.8 Å². The first-order chi connectivity index (χ1) is 8.69. The number of carboxylic acids is 1. The van der Waals surface area contributed by atoms with E-state index in [0.29, 0.717) is 18.4 Å². The molecule has 19 heavy (non-hydrogen) atoms. The number of rotatable bonds is 6. The fourth-order valence-electron chi connectivity index (χ4n) is 2.03. The summed E-state index contributed by atoms with van der Waals surface area (Å²) in [7, 11) is 0. The van der Waals surface area contributed by atoms with Crippen LogP contribution in [0.3, 0.4) is 0 Å². The van der Waals surface area contributed by atoms with E-state index in [1.807, 2.05) is 0 Å². The fourth-order valence-corrected chi connectivity index (χ4v) is 2.03. The van der Waals surface area contributed by atoms with Crippen LogP contribution in [0.5, 0.6) is 0 Å². The Hall–Kier alpha value is -1.59. The van der Waals surface area contributed by atoms with Gasteiger partial charge < -0.3 is 10.4 Å². The van der Waals surface area contributed by atoms with Crippen molar-refractivity contribution in [1.82, 2.24) is 10.6 Å². The summed E-state index contributed by atoms with van der Waals surface area (Å²) in [5.41, 5.74) is -0.665. The maximum atomic E-state index is 11.6. The molecule has 2 unspecified atom stereocenters. The Balaban J connectivity index is 2.25. The highest BCUT2D eigenvalue weighted by Gasteiger charge is 2.32. The van der Waals surface area contributed by atoms with Crippen LogP contribution in [-0.4, -0.2) is 29.6 Å². The van der Waals surface area contributed by atoms with Gasteiger partial charge in [-0.1, -0.05) is 20.8 Å². The quantitative estimate of drug-likeness (QED) is 0.679. The molecule has 1 fully saturated rings. The number of hydrogen-bond donors (Lipinski definition) is 3. The first kappa shape index (κ1) is 15.5. The third-order valence-corrected chi connectivity index (χ3v) is 3.32. The monoisotopic (exact) mass is 270 g/mol. The van der Waals surface area contributed by atoms with Crippen LogP contribution in [-0.2, 0) is 9.59 Å². The largest absolute Gasteiger partial charge is 0.481 e. The van der Waals surface area contributed by atoms with E-state index in [9.17, 15) is 14.4 Å². The summed E-state index contributed by atoms with van der Waals surface area (Å²) in [5.74, 6) is -0.243. The lowest BCUT2D eigenvalue weighted by atomic mass is 9.85. The average molecular weight is 270 g/mol. The van der Waals surface area contributed by atoms with Crippen LogP contribution in [0.4, 0.5) is 4.79 Å². The van der Waals surface area contributed by atoms with Crippen molar-refractivity contribution in [2.75, 3.05) is 6.54 Å². The molecule has 1 rings (SSSR count). The van der Waals surface area contributed by atoms with Crippen molar-refractivity contribution in [3.8, 4) is 0 Å². The lowest BCUT2D eigenvalue weighted by Crippen LogP contribution is -2.42. The summed E-state index contributed by atoms with van der Waals surface area (Å²) < 4.78 is 0. The molecule has 0 spiro atoms. The maximum absolute atomic E-state index is 11.6. The van der Waals surface area contributed by atoms with Crippen molar-refractivity contribution in [2.24, 2.45) is 17.3 Å². The molecule has 6 nitrogen and oxygen atoms in total. The molecular weight excluding hydrogens is 248 g/mol. The van der Waals surface area contributed by atoms with Gasteiger partial charge in [0.05, 0.1) is 6.42 Å². The molecule has 0 bridgehead atoms. The van der Waals surface area contributed by atoms with Crippen molar-refractivity contribution in [2.45, 2.75) is 40.0 Å². The van der Waals surface area contributed by atoms with E-state index in [-0.39, 0.29) is 12.8 Å². The Morgan fingerprint density at radius 2 is 1.84 bits per heavy atom. The number of aliphatic carboxylic acids is 1. The third-order valence-electron chi connectivity index (χ3n) is 3.32. The second-order valence-electron chi connectivity index (χ2n) is 6.14. The van der Waals surface area contributed by atoms with Gasteiger partial charge in [-0.2, -0.15) is 0 Å². The zero-order valence-corrected chi connectivity index (χ0v) is 11.7. The number of nitrogens with one attached hydrogen (secondary N) is 2. The number of carboxylic acid groups (broad SMARTS) is 1. The predicted octanol–water partition coefficient (Wildman–Crippen LogP) is 1.36. The first-order valence-corrected chi connectivity index (χ1v) is 6.49. The normalized spacial score (nSPS) is 21.6. The van der Waals surface area contributed by atoms with Gasteiger partial charge in [0, 0.05) is 13.0 Å². The van der Waals surface area contributed by atoms with Crippen LogP contribution in [0.2, 0.25) is 0 Å². The summed E-state index contributed by atoms with van der Waals surface area (Å²) in [6, 6.07) is -0.504. The van der Waals surface area contributed by atoms with Gasteiger partial charge >= 0.3 is 12.0 Å². The van der Waals surface area contributed by atoms with Crippen LogP contribution in [0.15, 0.2) is 0 Å². The predicted molar refractivity (Wildman–Crippen MR) is 69.5 cm³/mol. The maximum Gasteiger partial charge on any atom is 0.321 e. The molecule has 0 aromatic carbocycles. The smallest absolute Gasteiger partial charge is 0.321 e. The van der Waals surface area contributed by atoms with Crippen LogP contribution >= 0.6 is 0 Å². The Morgan fingerprint density at radius 3 is 2.32 bits per heavy atom. The summed E-state index contributed by atoms with van der Waals surface area (Å²) in [5, 5.41) is 13.6. The van der Waals surface area contributed by atoms with E-state index < -0.39 is 23.3 Å². The fraction of sp³-hybridized carbons (Fsp3) is 0.769. The third kappa shape index (κ3) is 6.22. The Kier molecular flexibility index (Phi) is 4.91. The lowest BCUT2D eigenvalue weighted by molar-refractivity contribution is -0.139. The van der Waals surface area contributed by atoms with Crippen molar-refractivity contribution < 1.29 is 19.5 Å². The number of carbonyl (C=O) groups is 3. The number of imide groups is 1. The molecule has 0 saturated heterocycles. The van der Waals surface area contributed by atoms with Gasteiger partial charge in [0.25, 0.3) is 0 Å². The molecule has 1 saturated carbocycles. The van der Waals surface area contributed by atoms with Crippen molar-refractivity contribution in [3.63, 3.8) is 0 Å². The summed E-state index contributed by atoms with van der Waals surface area (Å²) >= 11 is 0. The van der Waals surface area contributed by atoms with Crippen LogP contribution < -0.4 is 10.6 Å². The van der Waals surface area contributed by atoms with Gasteiger partial charge in [0.2, 0.25) is 5.91 Å². The lowest BCUT2D eigenvalue weighted by Gasteiger charge is -2.21. The number of carbonyl (C=O) groups excluding carboxylic acids is 2. The van der Waals surface area contributed by atoms with E-state index >= 15 is 0 Å². The minimum absolute atomic E-state index is 0.00650. The summed E-state index contributed by atoms with van der Waals surface area (Å²) in [6.07, 6.45) is 1.01. The highest BCUT2D eigenvalue weighted by atomic mass is 16.4. The van der Waals surface area contributed by atoms with Crippen LogP contribution in [0, 0.1) is 17.3 Å². The van der Waals surface area contributed by atoms with Crippen molar-refractivity contribution in [3.05, 3.63) is 0 Å². The molecule has 0 heterocycles. The van der Waals surface area contributed by atoms with Crippen LogP contribution in [0.1, 0.15) is 40.0 Å². The van der Waals surface area contributed by atoms with E-state index in [4.69, 9.17) is 5.11 Å². The molecule has 1 aliphatic carbocycles. The van der Waals surface area contributed by atoms with Crippen molar-refractivity contribution >= 4 is 17.9 Å². The zero-order chi connectivity index (χ0) is 14.6. The zero-order valence-electron chi connectivity index (χ0n) is 11.7. The Labute approximate surface area is 112 Å². The number of urea groups is 1. The number of hydrogen-bond acceptors (Lipinski definition) is 3. The molecule has 0 aromatic rings. The molecule has 0 aliphatic heterocycles. The topological polar surface area (TPSA) is 95.5 Å². The molecule has 108 valence electrons. The minimum atomic E-state index is -0.954. The molecule has 3 N–H and O–H groups in total. The van der Waals surface area contributed by atoms with E-state index in [0.717, 1.165) is 6.42 Å². The second kappa shape index (κ2) is 6.04. The van der Waals surface area contributed by atoms with Gasteiger partial charge in [-0.05, 0) is 23.7 Å². The first-order valence-electron chi connectivity index (χ1n) is 6.49.